The number of aliphatic imine (C=N–C) groups is 1. The Morgan fingerprint density at radius 1 is 1.00 bits per heavy atom. The molecule has 2 rings (SSSR count). The molecule has 0 amide bonds. The molecule has 0 saturated carbocycles. The molecule has 0 aromatic heterocycles. The summed E-state index contributed by atoms with van der Waals surface area (Å²) in [6.07, 6.45) is 7.74. The molecule has 0 spiro atoms. The van der Waals surface area contributed by atoms with Crippen molar-refractivity contribution in [3.05, 3.63) is 54.1 Å². The van der Waals surface area contributed by atoms with Crippen molar-refractivity contribution in [3.63, 3.8) is 0 Å². The van der Waals surface area contributed by atoms with Crippen LogP contribution >= 0.6 is 0 Å². The van der Waals surface area contributed by atoms with Crippen LogP contribution in [0.4, 0.5) is 5.69 Å². The van der Waals surface area contributed by atoms with Gasteiger partial charge in [-0.15, -0.1) is 0 Å². The SMILES string of the molecule is CCCCCCc1ccc(N=C=O)c(-c2ccccc2)c1. The van der Waals surface area contributed by atoms with Crippen LogP contribution in [0.3, 0.4) is 0 Å². The number of benzene rings is 2. The Morgan fingerprint density at radius 3 is 2.52 bits per heavy atom. The first-order chi connectivity index (χ1) is 10.3. The minimum atomic E-state index is 0.688. The van der Waals surface area contributed by atoms with Crippen LogP contribution < -0.4 is 0 Å². The van der Waals surface area contributed by atoms with E-state index in [0.29, 0.717) is 5.69 Å². The third kappa shape index (κ3) is 4.40. The van der Waals surface area contributed by atoms with Crippen LogP contribution in [0.5, 0.6) is 0 Å². The molecule has 2 aromatic rings. The fourth-order valence-corrected chi connectivity index (χ4v) is 2.49. The van der Waals surface area contributed by atoms with Crippen LogP contribution in [0.15, 0.2) is 53.5 Å². The predicted molar refractivity (Wildman–Crippen MR) is 87.5 cm³/mol. The Morgan fingerprint density at radius 2 is 1.81 bits per heavy atom. The molecule has 21 heavy (non-hydrogen) atoms. The number of rotatable bonds is 7. The zero-order valence-electron chi connectivity index (χ0n) is 12.5. The van der Waals surface area contributed by atoms with Gasteiger partial charge in [-0.3, -0.25) is 0 Å². The van der Waals surface area contributed by atoms with E-state index in [4.69, 9.17) is 0 Å². The van der Waals surface area contributed by atoms with E-state index in [0.717, 1.165) is 17.5 Å². The lowest BCUT2D eigenvalue weighted by Gasteiger charge is -2.08. The number of isocyanates is 1. The highest BCUT2D eigenvalue weighted by Crippen LogP contribution is 2.31. The molecule has 0 aliphatic rings. The second-order valence-electron chi connectivity index (χ2n) is 5.23. The van der Waals surface area contributed by atoms with E-state index < -0.39 is 0 Å². The lowest BCUT2D eigenvalue weighted by Crippen LogP contribution is -1.88. The molecular weight excluding hydrogens is 258 g/mol. The lowest BCUT2D eigenvalue weighted by molar-refractivity contribution is 0.565. The summed E-state index contributed by atoms with van der Waals surface area (Å²) in [5.74, 6) is 0. The van der Waals surface area contributed by atoms with Crippen molar-refractivity contribution in [2.45, 2.75) is 39.0 Å². The third-order valence-corrected chi connectivity index (χ3v) is 3.63. The summed E-state index contributed by atoms with van der Waals surface area (Å²) < 4.78 is 0. The quantitative estimate of drug-likeness (QED) is 0.377. The van der Waals surface area contributed by atoms with Crippen molar-refractivity contribution in [2.24, 2.45) is 4.99 Å². The molecular formula is C19H21NO. The highest BCUT2D eigenvalue weighted by Gasteiger charge is 2.06. The molecule has 0 heterocycles. The van der Waals surface area contributed by atoms with Crippen LogP contribution in [0.2, 0.25) is 0 Å². The van der Waals surface area contributed by atoms with Gasteiger partial charge in [-0.1, -0.05) is 62.6 Å². The van der Waals surface area contributed by atoms with Gasteiger partial charge in [0.1, 0.15) is 0 Å². The second kappa shape index (κ2) is 8.18. The standard InChI is InChI=1S/C19H21NO/c1-2-3-4-6-9-16-12-13-19(20-15-21)18(14-16)17-10-7-5-8-11-17/h5,7-8,10-14H,2-4,6,9H2,1H3. The van der Waals surface area contributed by atoms with Gasteiger partial charge < -0.3 is 0 Å². The molecule has 0 unspecified atom stereocenters. The molecule has 108 valence electrons. The zero-order chi connectivity index (χ0) is 14.9. The number of hydrogen-bond donors (Lipinski definition) is 0. The van der Waals surface area contributed by atoms with Gasteiger partial charge in [-0.2, -0.15) is 4.99 Å². The first-order valence-corrected chi connectivity index (χ1v) is 7.61. The third-order valence-electron chi connectivity index (χ3n) is 3.63. The lowest BCUT2D eigenvalue weighted by atomic mass is 9.98. The van der Waals surface area contributed by atoms with Gasteiger partial charge in [-0.25, -0.2) is 4.79 Å². The molecule has 0 aliphatic carbocycles. The van der Waals surface area contributed by atoms with Gasteiger partial charge in [0, 0.05) is 5.56 Å². The molecule has 0 bridgehead atoms. The molecule has 2 nitrogen and oxygen atoms in total. The molecule has 0 radical (unpaired) electrons. The summed E-state index contributed by atoms with van der Waals surface area (Å²) in [6, 6.07) is 16.2. The van der Waals surface area contributed by atoms with Gasteiger partial charge in [-0.05, 0) is 36.1 Å². The van der Waals surface area contributed by atoms with Crippen LogP contribution in [0.1, 0.15) is 38.2 Å². The van der Waals surface area contributed by atoms with Gasteiger partial charge in [0.05, 0.1) is 5.69 Å². The molecule has 0 atom stereocenters. The van der Waals surface area contributed by atoms with Gasteiger partial charge in [0.15, 0.2) is 0 Å². The highest BCUT2D eigenvalue weighted by molar-refractivity contribution is 5.77. The van der Waals surface area contributed by atoms with Crippen LogP contribution in [0, 0.1) is 0 Å². The fraction of sp³-hybridized carbons (Fsp3) is 0.316. The van der Waals surface area contributed by atoms with E-state index >= 15 is 0 Å². The molecule has 0 fully saturated rings. The average molecular weight is 279 g/mol. The minimum absolute atomic E-state index is 0.688. The number of unbranched alkanes of at least 4 members (excludes halogenated alkanes) is 3. The number of hydrogen-bond acceptors (Lipinski definition) is 2. The van der Waals surface area contributed by atoms with E-state index in [1.165, 1.54) is 31.2 Å². The zero-order valence-corrected chi connectivity index (χ0v) is 12.5. The summed E-state index contributed by atoms with van der Waals surface area (Å²) in [6.45, 7) is 2.22. The first-order valence-electron chi connectivity index (χ1n) is 7.61. The smallest absolute Gasteiger partial charge is 0.211 e. The Hall–Kier alpha value is -2.18. The largest absolute Gasteiger partial charge is 0.240 e. The van der Waals surface area contributed by atoms with Gasteiger partial charge >= 0.3 is 0 Å². The van der Waals surface area contributed by atoms with Crippen molar-refractivity contribution in [1.29, 1.82) is 0 Å². The minimum Gasteiger partial charge on any atom is -0.211 e. The van der Waals surface area contributed by atoms with Crippen LogP contribution in [0.25, 0.3) is 11.1 Å². The summed E-state index contributed by atoms with van der Waals surface area (Å²) in [4.78, 5) is 14.4. The topological polar surface area (TPSA) is 29.4 Å². The summed E-state index contributed by atoms with van der Waals surface area (Å²) in [5, 5.41) is 0. The Bertz CT molecular complexity index is 613. The molecule has 2 aromatic carbocycles. The van der Waals surface area contributed by atoms with E-state index in [2.05, 4.69) is 24.0 Å². The highest BCUT2D eigenvalue weighted by atomic mass is 16.1. The number of aryl methyl sites for hydroxylation is 1. The molecule has 0 saturated heterocycles. The van der Waals surface area contributed by atoms with Crippen LogP contribution in [-0.4, -0.2) is 6.08 Å². The van der Waals surface area contributed by atoms with Crippen molar-refractivity contribution < 1.29 is 4.79 Å². The van der Waals surface area contributed by atoms with Gasteiger partial charge in [0.2, 0.25) is 6.08 Å². The number of carbonyl (C=O) groups excluding carboxylic acids is 1. The van der Waals surface area contributed by atoms with Crippen molar-refractivity contribution >= 4 is 11.8 Å². The van der Waals surface area contributed by atoms with Crippen molar-refractivity contribution in [1.82, 2.24) is 0 Å². The predicted octanol–water partition coefficient (Wildman–Crippen LogP) is 5.44. The van der Waals surface area contributed by atoms with E-state index in [-0.39, 0.29) is 0 Å². The summed E-state index contributed by atoms with van der Waals surface area (Å²) in [5.41, 5.74) is 4.08. The van der Waals surface area contributed by atoms with Crippen LogP contribution in [-0.2, 0) is 11.2 Å². The Kier molecular flexibility index (Phi) is 5.93. The Balaban J connectivity index is 2.25. The Labute approximate surface area is 126 Å². The van der Waals surface area contributed by atoms with E-state index in [1.54, 1.807) is 6.08 Å². The summed E-state index contributed by atoms with van der Waals surface area (Å²) >= 11 is 0. The van der Waals surface area contributed by atoms with Crippen molar-refractivity contribution in [2.75, 3.05) is 0 Å². The second-order valence-corrected chi connectivity index (χ2v) is 5.23. The van der Waals surface area contributed by atoms with Gasteiger partial charge in [0.25, 0.3) is 0 Å². The van der Waals surface area contributed by atoms with Crippen molar-refractivity contribution in [3.8, 4) is 11.1 Å². The summed E-state index contributed by atoms with van der Waals surface area (Å²) in [7, 11) is 0. The maximum Gasteiger partial charge on any atom is 0.240 e. The van der Waals surface area contributed by atoms with E-state index in [1.807, 2.05) is 36.4 Å². The fourth-order valence-electron chi connectivity index (χ4n) is 2.49. The van der Waals surface area contributed by atoms with E-state index in [9.17, 15) is 4.79 Å². The molecule has 2 heteroatoms. The first kappa shape index (κ1) is 15.2. The monoisotopic (exact) mass is 279 g/mol. The average Bonchev–Trinajstić information content (AvgIpc) is 2.54. The molecule has 0 aliphatic heterocycles. The maximum atomic E-state index is 10.6. The maximum absolute atomic E-state index is 10.6. The molecule has 0 N–H and O–H groups in total. The number of nitrogens with zero attached hydrogens (tertiary/aromatic N) is 1. The normalized spacial score (nSPS) is 10.1.